The zero-order chi connectivity index (χ0) is 11.4. The number of guanidine groups is 1. The van der Waals surface area contributed by atoms with Gasteiger partial charge in [-0.3, -0.25) is 4.99 Å². The fourth-order valence-electron chi connectivity index (χ4n) is 1.32. The van der Waals surface area contributed by atoms with Crippen molar-refractivity contribution in [2.45, 2.75) is 25.4 Å². The van der Waals surface area contributed by atoms with Crippen LogP contribution in [-0.4, -0.2) is 19.0 Å². The van der Waals surface area contributed by atoms with Crippen LogP contribution in [0.15, 0.2) is 17.1 Å². The molecule has 2 rings (SSSR count). The monoisotopic (exact) mass is 234 g/mol. The van der Waals surface area contributed by atoms with E-state index < -0.39 is 0 Å². The Balaban J connectivity index is 1.83. The van der Waals surface area contributed by atoms with E-state index >= 15 is 0 Å². The van der Waals surface area contributed by atoms with Crippen LogP contribution in [0.1, 0.15) is 22.6 Å². The minimum Gasteiger partial charge on any atom is -0.354 e. The Hall–Kier alpha value is -1.54. The largest absolute Gasteiger partial charge is 0.354 e. The van der Waals surface area contributed by atoms with Gasteiger partial charge in [-0.1, -0.05) is 0 Å². The SMILES string of the molecule is CN=C(NCc1ccc(C#N)s1)NC1CC1. The Bertz CT molecular complexity index is 425. The van der Waals surface area contributed by atoms with Crippen molar-refractivity contribution in [1.29, 1.82) is 5.26 Å². The summed E-state index contributed by atoms with van der Waals surface area (Å²) in [4.78, 5) is 6.04. The molecule has 0 unspecified atom stereocenters. The molecular weight excluding hydrogens is 220 g/mol. The molecule has 1 heterocycles. The highest BCUT2D eigenvalue weighted by molar-refractivity contribution is 7.12. The summed E-state index contributed by atoms with van der Waals surface area (Å²) >= 11 is 1.51. The maximum atomic E-state index is 8.71. The number of rotatable bonds is 3. The van der Waals surface area contributed by atoms with E-state index in [0.717, 1.165) is 22.3 Å². The molecule has 0 radical (unpaired) electrons. The smallest absolute Gasteiger partial charge is 0.191 e. The number of nitrogens with one attached hydrogen (secondary N) is 2. The third kappa shape index (κ3) is 2.97. The van der Waals surface area contributed by atoms with Crippen LogP contribution in [-0.2, 0) is 6.54 Å². The van der Waals surface area contributed by atoms with Crippen molar-refractivity contribution in [2.24, 2.45) is 4.99 Å². The maximum absolute atomic E-state index is 8.71. The lowest BCUT2D eigenvalue weighted by Gasteiger charge is -2.09. The van der Waals surface area contributed by atoms with Crippen LogP contribution < -0.4 is 10.6 Å². The minimum absolute atomic E-state index is 0.601. The first kappa shape index (κ1) is 11.0. The molecule has 1 aromatic heterocycles. The molecule has 5 heteroatoms. The second-order valence-corrected chi connectivity index (χ2v) is 4.89. The molecule has 1 fully saturated rings. The van der Waals surface area contributed by atoms with Gasteiger partial charge in [-0.25, -0.2) is 0 Å². The predicted octanol–water partition coefficient (Wildman–Crippen LogP) is 1.45. The zero-order valence-electron chi connectivity index (χ0n) is 9.16. The molecule has 84 valence electrons. The molecule has 0 bridgehead atoms. The molecule has 1 aliphatic rings. The second-order valence-electron chi connectivity index (χ2n) is 3.72. The highest BCUT2D eigenvalue weighted by Gasteiger charge is 2.21. The standard InChI is InChI=1S/C11H14N4S/c1-13-11(15-8-2-3-8)14-7-10-5-4-9(6-12)16-10/h4-5,8H,2-3,7H2,1H3,(H2,13,14,15). The number of nitriles is 1. The Morgan fingerprint density at radius 1 is 1.62 bits per heavy atom. The Morgan fingerprint density at radius 2 is 2.44 bits per heavy atom. The van der Waals surface area contributed by atoms with E-state index in [0.29, 0.717) is 6.04 Å². The van der Waals surface area contributed by atoms with Gasteiger partial charge in [0.05, 0.1) is 6.54 Å². The van der Waals surface area contributed by atoms with E-state index in [1.165, 1.54) is 24.2 Å². The van der Waals surface area contributed by atoms with Gasteiger partial charge in [-0.2, -0.15) is 5.26 Å². The topological polar surface area (TPSA) is 60.2 Å². The summed E-state index contributed by atoms with van der Waals surface area (Å²) in [5.74, 6) is 0.842. The third-order valence-electron chi connectivity index (χ3n) is 2.34. The molecule has 0 aliphatic heterocycles. The van der Waals surface area contributed by atoms with Gasteiger partial charge < -0.3 is 10.6 Å². The molecular formula is C11H14N4S. The van der Waals surface area contributed by atoms with Crippen LogP contribution in [0.4, 0.5) is 0 Å². The molecule has 2 N–H and O–H groups in total. The van der Waals surface area contributed by atoms with Crippen molar-refractivity contribution >= 4 is 17.3 Å². The quantitative estimate of drug-likeness (QED) is 0.614. The highest BCUT2D eigenvalue weighted by atomic mass is 32.1. The van der Waals surface area contributed by atoms with Crippen LogP contribution in [0.2, 0.25) is 0 Å². The fourth-order valence-corrected chi connectivity index (χ4v) is 2.06. The number of hydrogen-bond donors (Lipinski definition) is 2. The van der Waals surface area contributed by atoms with Crippen molar-refractivity contribution in [3.8, 4) is 6.07 Å². The van der Waals surface area contributed by atoms with Crippen LogP contribution in [0.5, 0.6) is 0 Å². The highest BCUT2D eigenvalue weighted by Crippen LogP contribution is 2.18. The molecule has 4 nitrogen and oxygen atoms in total. The molecule has 0 saturated heterocycles. The van der Waals surface area contributed by atoms with Crippen molar-refractivity contribution < 1.29 is 0 Å². The molecule has 0 amide bonds. The average molecular weight is 234 g/mol. The van der Waals surface area contributed by atoms with Crippen molar-refractivity contribution in [1.82, 2.24) is 10.6 Å². The van der Waals surface area contributed by atoms with E-state index in [-0.39, 0.29) is 0 Å². The number of aliphatic imine (C=N–C) groups is 1. The van der Waals surface area contributed by atoms with Gasteiger partial charge in [0.25, 0.3) is 0 Å². The van der Waals surface area contributed by atoms with Gasteiger partial charge >= 0.3 is 0 Å². The lowest BCUT2D eigenvalue weighted by molar-refractivity contribution is 0.811. The molecule has 1 saturated carbocycles. The number of hydrogen-bond acceptors (Lipinski definition) is 3. The normalized spacial score (nSPS) is 15.6. The van der Waals surface area contributed by atoms with Gasteiger partial charge in [0, 0.05) is 18.0 Å². The lowest BCUT2D eigenvalue weighted by atomic mass is 10.4. The van der Waals surface area contributed by atoms with E-state index in [2.05, 4.69) is 21.7 Å². The third-order valence-corrected chi connectivity index (χ3v) is 3.33. The number of thiophene rings is 1. The summed E-state index contributed by atoms with van der Waals surface area (Å²) in [6.45, 7) is 0.721. The Labute approximate surface area is 99.0 Å². The summed E-state index contributed by atoms with van der Waals surface area (Å²) in [5, 5.41) is 15.3. The van der Waals surface area contributed by atoms with Gasteiger partial charge in [0.2, 0.25) is 0 Å². The molecule has 16 heavy (non-hydrogen) atoms. The van der Waals surface area contributed by atoms with Crippen molar-refractivity contribution in [2.75, 3.05) is 7.05 Å². The van der Waals surface area contributed by atoms with Crippen LogP contribution in [0, 0.1) is 11.3 Å². The molecule has 1 aromatic rings. The summed E-state index contributed by atoms with van der Waals surface area (Å²) in [5.41, 5.74) is 0. The lowest BCUT2D eigenvalue weighted by Crippen LogP contribution is -2.37. The Kier molecular flexibility index (Phi) is 3.42. The molecule has 0 atom stereocenters. The first-order chi connectivity index (χ1) is 7.81. The zero-order valence-corrected chi connectivity index (χ0v) is 9.97. The maximum Gasteiger partial charge on any atom is 0.191 e. The van der Waals surface area contributed by atoms with Crippen LogP contribution >= 0.6 is 11.3 Å². The molecule has 0 spiro atoms. The molecule has 1 aliphatic carbocycles. The first-order valence-corrected chi connectivity index (χ1v) is 6.09. The fraction of sp³-hybridized carbons (Fsp3) is 0.455. The Morgan fingerprint density at radius 3 is 3.00 bits per heavy atom. The van der Waals surface area contributed by atoms with Gasteiger partial charge in [-0.05, 0) is 25.0 Å². The van der Waals surface area contributed by atoms with Gasteiger partial charge in [0.15, 0.2) is 5.96 Å². The average Bonchev–Trinajstić information content (AvgIpc) is 3.00. The van der Waals surface area contributed by atoms with Gasteiger partial charge in [-0.15, -0.1) is 11.3 Å². The van der Waals surface area contributed by atoms with Crippen molar-refractivity contribution in [3.05, 3.63) is 21.9 Å². The summed E-state index contributed by atoms with van der Waals surface area (Å²) in [6.07, 6.45) is 2.47. The minimum atomic E-state index is 0.601. The second kappa shape index (κ2) is 4.99. The van der Waals surface area contributed by atoms with Crippen LogP contribution in [0.3, 0.4) is 0 Å². The summed E-state index contributed by atoms with van der Waals surface area (Å²) in [7, 11) is 1.77. The van der Waals surface area contributed by atoms with Gasteiger partial charge in [0.1, 0.15) is 10.9 Å². The predicted molar refractivity (Wildman–Crippen MR) is 65.4 cm³/mol. The van der Waals surface area contributed by atoms with Crippen LogP contribution in [0.25, 0.3) is 0 Å². The van der Waals surface area contributed by atoms with E-state index in [4.69, 9.17) is 5.26 Å². The van der Waals surface area contributed by atoms with E-state index in [9.17, 15) is 0 Å². The molecule has 0 aromatic carbocycles. The van der Waals surface area contributed by atoms with E-state index in [1.807, 2.05) is 12.1 Å². The number of nitrogens with zero attached hydrogens (tertiary/aromatic N) is 2. The first-order valence-electron chi connectivity index (χ1n) is 5.28. The van der Waals surface area contributed by atoms with E-state index in [1.54, 1.807) is 7.05 Å². The van der Waals surface area contributed by atoms with Crippen molar-refractivity contribution in [3.63, 3.8) is 0 Å². The summed E-state index contributed by atoms with van der Waals surface area (Å²) < 4.78 is 0. The summed E-state index contributed by atoms with van der Waals surface area (Å²) in [6, 6.07) is 6.56.